The van der Waals surface area contributed by atoms with Gasteiger partial charge in [0.2, 0.25) is 5.89 Å². The summed E-state index contributed by atoms with van der Waals surface area (Å²) < 4.78 is 52.6. The predicted molar refractivity (Wildman–Crippen MR) is 107 cm³/mol. The number of ether oxygens (including phenoxy) is 1. The van der Waals surface area contributed by atoms with Gasteiger partial charge < -0.3 is 14.5 Å². The normalized spacial score (nSPS) is 23.5. The first kappa shape index (κ1) is 20.3. The van der Waals surface area contributed by atoms with Crippen molar-refractivity contribution in [3.05, 3.63) is 59.9 Å². The van der Waals surface area contributed by atoms with Crippen LogP contribution in [0.1, 0.15) is 24.3 Å². The maximum atomic E-state index is 13.9. The molecule has 3 atom stereocenters. The molecule has 11 heteroatoms. The number of halogens is 3. The number of rotatable bonds is 3. The molecule has 3 unspecified atom stereocenters. The molecule has 2 aliphatic heterocycles. The number of allylic oxidation sites excluding steroid dienone is 1. The van der Waals surface area contributed by atoms with Crippen LogP contribution < -0.4 is 15.5 Å². The molecule has 32 heavy (non-hydrogen) atoms. The lowest BCUT2D eigenvalue weighted by Crippen LogP contribution is -2.54. The minimum atomic E-state index is -4.58. The van der Waals surface area contributed by atoms with E-state index in [1.807, 2.05) is 0 Å². The molecule has 0 spiro atoms. The Hall–Kier alpha value is -3.60. The summed E-state index contributed by atoms with van der Waals surface area (Å²) >= 11 is 0. The average molecular weight is 445 g/mol. The topological polar surface area (TPSA) is 92.5 Å². The van der Waals surface area contributed by atoms with Gasteiger partial charge in [0, 0.05) is 5.70 Å². The van der Waals surface area contributed by atoms with E-state index in [1.54, 1.807) is 37.3 Å². The lowest BCUT2D eigenvalue weighted by atomic mass is 9.89. The summed E-state index contributed by atoms with van der Waals surface area (Å²) in [5.41, 5.74) is 3.87. The second kappa shape index (κ2) is 7.23. The van der Waals surface area contributed by atoms with Crippen LogP contribution >= 0.6 is 0 Å². The summed E-state index contributed by atoms with van der Waals surface area (Å²) in [6.07, 6.45) is -2.65. The smallest absolute Gasteiger partial charge is 0.406 e. The number of aromatic nitrogens is 2. The third-order valence-corrected chi connectivity index (χ3v) is 5.67. The van der Waals surface area contributed by atoms with Crippen LogP contribution in [0, 0.1) is 0 Å². The highest BCUT2D eigenvalue weighted by molar-refractivity contribution is 6.20. The van der Waals surface area contributed by atoms with Crippen molar-refractivity contribution in [3.63, 3.8) is 0 Å². The van der Waals surface area contributed by atoms with Gasteiger partial charge in [-0.2, -0.15) is 13.2 Å². The Kier molecular flexibility index (Phi) is 4.59. The van der Waals surface area contributed by atoms with Gasteiger partial charge in [0.05, 0.1) is 25.4 Å². The number of oxazole rings is 1. The Bertz CT molecular complexity index is 1220. The van der Waals surface area contributed by atoms with Crippen molar-refractivity contribution in [2.24, 2.45) is 0 Å². The van der Waals surface area contributed by atoms with Crippen molar-refractivity contribution >= 4 is 22.6 Å². The standard InChI is InChI=1S/C21H18F3N5O3/c1-10-14(19-27-16-12(31-2)8-25-9-13(16)32-19)20(30)29-18(26-10)15(11-6-4-3-5-7-11)17(28-29)21(22,23)24/h3-9,15,17-18,26,28H,1-2H3. The fourth-order valence-electron chi connectivity index (χ4n) is 4.23. The van der Waals surface area contributed by atoms with Crippen LogP contribution in [0.25, 0.3) is 16.7 Å². The first-order valence-electron chi connectivity index (χ1n) is 9.77. The van der Waals surface area contributed by atoms with E-state index in [-0.39, 0.29) is 11.5 Å². The van der Waals surface area contributed by atoms with Crippen molar-refractivity contribution in [2.45, 2.75) is 31.2 Å². The molecule has 5 rings (SSSR count). The minimum absolute atomic E-state index is 0.0293. The van der Waals surface area contributed by atoms with E-state index in [1.165, 1.54) is 19.5 Å². The fraction of sp³-hybridized carbons (Fsp3) is 0.286. The Morgan fingerprint density at radius 3 is 2.62 bits per heavy atom. The third kappa shape index (κ3) is 3.08. The molecule has 0 radical (unpaired) electrons. The molecular weight excluding hydrogens is 427 g/mol. The number of nitrogens with zero attached hydrogens (tertiary/aromatic N) is 3. The van der Waals surface area contributed by atoms with Gasteiger partial charge in [0.15, 0.2) is 16.8 Å². The maximum Gasteiger partial charge on any atom is 0.406 e. The molecule has 0 bridgehead atoms. The van der Waals surface area contributed by atoms with Crippen LogP contribution in [0.4, 0.5) is 13.2 Å². The minimum Gasteiger partial charge on any atom is -0.493 e. The molecule has 166 valence electrons. The molecule has 1 saturated heterocycles. The van der Waals surface area contributed by atoms with Crippen molar-refractivity contribution in [1.29, 1.82) is 0 Å². The SMILES string of the molecule is COc1cncc2oc(C3=C(C)NC4C(c5ccccc5)C(C(F)(F)F)NN4C3=O)nc12. The van der Waals surface area contributed by atoms with Gasteiger partial charge in [-0.25, -0.2) is 15.4 Å². The van der Waals surface area contributed by atoms with Crippen molar-refractivity contribution in [2.75, 3.05) is 7.11 Å². The second-order valence-electron chi connectivity index (χ2n) is 7.56. The first-order valence-corrected chi connectivity index (χ1v) is 9.77. The van der Waals surface area contributed by atoms with Gasteiger partial charge in [0.25, 0.3) is 5.91 Å². The first-order chi connectivity index (χ1) is 15.3. The van der Waals surface area contributed by atoms with Crippen LogP contribution in [0.5, 0.6) is 5.75 Å². The molecular formula is C21H18F3N5O3. The van der Waals surface area contributed by atoms with Gasteiger partial charge in [-0.15, -0.1) is 0 Å². The summed E-state index contributed by atoms with van der Waals surface area (Å²) in [7, 11) is 1.45. The molecule has 0 aliphatic carbocycles. The third-order valence-electron chi connectivity index (χ3n) is 5.67. The predicted octanol–water partition coefficient (Wildman–Crippen LogP) is 2.95. The van der Waals surface area contributed by atoms with Crippen molar-refractivity contribution in [1.82, 2.24) is 25.7 Å². The molecule has 4 heterocycles. The number of benzene rings is 1. The van der Waals surface area contributed by atoms with Crippen molar-refractivity contribution < 1.29 is 27.1 Å². The Morgan fingerprint density at radius 1 is 1.19 bits per heavy atom. The lowest BCUT2D eigenvalue weighted by molar-refractivity contribution is -0.161. The number of methoxy groups -OCH3 is 1. The quantitative estimate of drug-likeness (QED) is 0.640. The summed E-state index contributed by atoms with van der Waals surface area (Å²) in [6, 6.07) is 6.36. The van der Waals surface area contributed by atoms with Crippen LogP contribution in [-0.4, -0.2) is 46.4 Å². The molecule has 2 N–H and O–H groups in total. The lowest BCUT2D eigenvalue weighted by Gasteiger charge is -2.34. The molecule has 1 amide bonds. The van der Waals surface area contributed by atoms with Gasteiger partial charge in [-0.05, 0) is 12.5 Å². The largest absolute Gasteiger partial charge is 0.493 e. The molecule has 1 aromatic carbocycles. The number of carbonyl (C=O) groups excluding carboxylic acids is 1. The number of pyridine rings is 1. The number of hydrogen-bond donors (Lipinski definition) is 2. The van der Waals surface area contributed by atoms with Crippen molar-refractivity contribution in [3.8, 4) is 5.75 Å². The monoisotopic (exact) mass is 445 g/mol. The Balaban J connectivity index is 1.58. The van der Waals surface area contributed by atoms with Crippen LogP contribution in [-0.2, 0) is 4.79 Å². The summed E-state index contributed by atoms with van der Waals surface area (Å²) in [6.45, 7) is 1.61. The van der Waals surface area contributed by atoms with Gasteiger partial charge in [-0.3, -0.25) is 9.78 Å². The molecule has 3 aromatic rings. The number of fused-ring (bicyclic) bond motifs is 2. The second-order valence-corrected chi connectivity index (χ2v) is 7.56. The number of nitrogens with one attached hydrogen (secondary N) is 2. The number of hydrazine groups is 1. The highest BCUT2D eigenvalue weighted by atomic mass is 19.4. The van der Waals surface area contributed by atoms with Crippen LogP contribution in [0.2, 0.25) is 0 Å². The van der Waals surface area contributed by atoms with Gasteiger partial charge in [-0.1, -0.05) is 30.3 Å². The zero-order valence-electron chi connectivity index (χ0n) is 17.0. The Morgan fingerprint density at radius 2 is 1.94 bits per heavy atom. The van der Waals surface area contributed by atoms with Gasteiger partial charge >= 0.3 is 6.18 Å². The zero-order valence-corrected chi connectivity index (χ0v) is 17.0. The van der Waals surface area contributed by atoms with Crippen LogP contribution in [0.3, 0.4) is 0 Å². The molecule has 1 fully saturated rings. The highest BCUT2D eigenvalue weighted by Gasteiger charge is 2.58. The highest BCUT2D eigenvalue weighted by Crippen LogP contribution is 2.42. The Labute approximate surface area is 180 Å². The van der Waals surface area contributed by atoms with E-state index in [9.17, 15) is 18.0 Å². The number of carbonyl (C=O) groups is 1. The van der Waals surface area contributed by atoms with E-state index in [4.69, 9.17) is 9.15 Å². The molecule has 2 aliphatic rings. The van der Waals surface area contributed by atoms with E-state index in [0.29, 0.717) is 28.1 Å². The summed E-state index contributed by atoms with van der Waals surface area (Å²) in [5.74, 6) is -1.40. The fourth-order valence-corrected chi connectivity index (χ4v) is 4.23. The number of alkyl halides is 3. The van der Waals surface area contributed by atoms with Crippen LogP contribution in [0.15, 0.2) is 52.8 Å². The number of amides is 1. The van der Waals surface area contributed by atoms with E-state index < -0.39 is 30.2 Å². The summed E-state index contributed by atoms with van der Waals surface area (Å²) in [4.78, 5) is 21.7. The molecule has 8 nitrogen and oxygen atoms in total. The van der Waals surface area contributed by atoms with E-state index in [2.05, 4.69) is 20.7 Å². The zero-order chi connectivity index (χ0) is 22.6. The number of hydrogen-bond acceptors (Lipinski definition) is 7. The summed E-state index contributed by atoms with van der Waals surface area (Å²) in [5, 5.41) is 4.03. The molecule has 2 aromatic heterocycles. The van der Waals surface area contributed by atoms with E-state index in [0.717, 1.165) is 5.01 Å². The average Bonchev–Trinajstić information content (AvgIpc) is 3.36. The maximum absolute atomic E-state index is 13.9. The molecule has 0 saturated carbocycles. The van der Waals surface area contributed by atoms with E-state index >= 15 is 0 Å². The van der Waals surface area contributed by atoms with Gasteiger partial charge in [0.1, 0.15) is 17.8 Å².